The number of likely N-dealkylation sites (tertiary alicyclic amines) is 1. The lowest BCUT2D eigenvalue weighted by molar-refractivity contribution is 0.0910. The molecule has 2 aromatic rings. The zero-order chi connectivity index (χ0) is 16.9. The molecule has 4 nitrogen and oxygen atoms in total. The van der Waals surface area contributed by atoms with Crippen LogP contribution < -0.4 is 5.32 Å². The van der Waals surface area contributed by atoms with Crippen molar-refractivity contribution in [2.45, 2.75) is 32.2 Å². The monoisotopic (exact) mass is 330 g/mol. The molecule has 1 fully saturated rings. The Morgan fingerprint density at radius 2 is 1.96 bits per heavy atom. The maximum Gasteiger partial charge on any atom is 0.254 e. The van der Waals surface area contributed by atoms with Crippen LogP contribution in [-0.4, -0.2) is 30.4 Å². The Bertz CT molecular complexity index is 692. The Labute approximate surface area is 141 Å². The van der Waals surface area contributed by atoms with E-state index >= 15 is 0 Å². The number of furan rings is 1. The topological polar surface area (TPSA) is 45.5 Å². The van der Waals surface area contributed by atoms with E-state index < -0.39 is 11.7 Å². The highest BCUT2D eigenvalue weighted by Gasteiger charge is 2.25. The number of rotatable bonds is 5. The molecule has 0 aliphatic carbocycles. The predicted octanol–water partition coefficient (Wildman–Crippen LogP) is 3.68. The van der Waals surface area contributed by atoms with E-state index in [1.807, 2.05) is 19.1 Å². The smallest absolute Gasteiger partial charge is 0.254 e. The van der Waals surface area contributed by atoms with Gasteiger partial charge < -0.3 is 9.73 Å². The summed E-state index contributed by atoms with van der Waals surface area (Å²) in [5.41, 5.74) is 0.0746. The summed E-state index contributed by atoms with van der Waals surface area (Å²) in [6.45, 7) is 4.29. The SMILES string of the molecule is Cc1ccc([C@@H](CNC(=O)c2ccccc2F)N2CCCCC2)o1. The van der Waals surface area contributed by atoms with E-state index in [4.69, 9.17) is 4.42 Å². The Morgan fingerprint density at radius 3 is 2.62 bits per heavy atom. The van der Waals surface area contributed by atoms with E-state index in [2.05, 4.69) is 10.2 Å². The molecule has 1 aromatic heterocycles. The average Bonchev–Trinajstić information content (AvgIpc) is 3.02. The molecule has 128 valence electrons. The second kappa shape index (κ2) is 7.62. The van der Waals surface area contributed by atoms with Gasteiger partial charge in [0.05, 0.1) is 11.6 Å². The lowest BCUT2D eigenvalue weighted by Crippen LogP contribution is -2.40. The van der Waals surface area contributed by atoms with Crippen molar-refractivity contribution < 1.29 is 13.6 Å². The molecule has 0 bridgehead atoms. The number of nitrogens with zero attached hydrogens (tertiary/aromatic N) is 1. The second-order valence-electron chi connectivity index (χ2n) is 6.25. The van der Waals surface area contributed by atoms with E-state index in [1.54, 1.807) is 12.1 Å². The molecule has 1 aliphatic heterocycles. The van der Waals surface area contributed by atoms with Crippen molar-refractivity contribution >= 4 is 5.91 Å². The number of piperidine rings is 1. The molecule has 0 saturated carbocycles. The van der Waals surface area contributed by atoms with Crippen LogP contribution in [0.3, 0.4) is 0 Å². The van der Waals surface area contributed by atoms with Gasteiger partial charge in [-0.1, -0.05) is 18.6 Å². The first kappa shape index (κ1) is 16.7. The number of nitrogens with one attached hydrogen (secondary N) is 1. The molecule has 1 saturated heterocycles. The third kappa shape index (κ3) is 3.85. The molecule has 5 heteroatoms. The number of hydrogen-bond donors (Lipinski definition) is 1. The van der Waals surface area contributed by atoms with E-state index in [0.29, 0.717) is 6.54 Å². The standard InChI is InChI=1S/C19H23FN2O2/c1-14-9-10-18(24-14)17(22-11-5-2-6-12-22)13-21-19(23)15-7-3-4-8-16(15)20/h3-4,7-10,17H,2,5-6,11-13H2,1H3,(H,21,23)/t17-/m1/s1. The van der Waals surface area contributed by atoms with Crippen molar-refractivity contribution in [3.8, 4) is 0 Å². The largest absolute Gasteiger partial charge is 0.465 e. The van der Waals surface area contributed by atoms with E-state index in [1.165, 1.54) is 18.6 Å². The zero-order valence-electron chi connectivity index (χ0n) is 13.9. The van der Waals surface area contributed by atoms with Crippen LogP contribution in [0.25, 0.3) is 0 Å². The van der Waals surface area contributed by atoms with Gasteiger partial charge in [-0.25, -0.2) is 4.39 Å². The minimum atomic E-state index is -0.502. The predicted molar refractivity (Wildman–Crippen MR) is 90.3 cm³/mol. The van der Waals surface area contributed by atoms with Gasteiger partial charge in [0.15, 0.2) is 0 Å². The quantitative estimate of drug-likeness (QED) is 0.909. The van der Waals surface area contributed by atoms with Gasteiger partial charge in [0.1, 0.15) is 17.3 Å². The van der Waals surface area contributed by atoms with Gasteiger partial charge in [0.2, 0.25) is 0 Å². The summed E-state index contributed by atoms with van der Waals surface area (Å²) in [5.74, 6) is 0.812. The van der Waals surface area contributed by atoms with Crippen LogP contribution in [0.5, 0.6) is 0 Å². The molecule has 1 N–H and O–H groups in total. The minimum Gasteiger partial charge on any atom is -0.465 e. The van der Waals surface area contributed by atoms with Crippen LogP contribution in [0.15, 0.2) is 40.8 Å². The number of amides is 1. The van der Waals surface area contributed by atoms with Gasteiger partial charge in [-0.05, 0) is 57.1 Å². The first-order valence-corrected chi connectivity index (χ1v) is 8.48. The molecule has 0 spiro atoms. The zero-order valence-corrected chi connectivity index (χ0v) is 13.9. The molecule has 1 amide bonds. The highest BCUT2D eigenvalue weighted by atomic mass is 19.1. The fourth-order valence-electron chi connectivity index (χ4n) is 3.20. The van der Waals surface area contributed by atoms with Crippen molar-refractivity contribution in [2.75, 3.05) is 19.6 Å². The normalized spacial score (nSPS) is 16.8. The van der Waals surface area contributed by atoms with E-state index in [9.17, 15) is 9.18 Å². The van der Waals surface area contributed by atoms with Crippen molar-refractivity contribution in [3.05, 3.63) is 59.3 Å². The summed E-state index contributed by atoms with van der Waals surface area (Å²) in [4.78, 5) is 14.6. The number of carbonyl (C=O) groups is 1. The molecular weight excluding hydrogens is 307 g/mol. The van der Waals surface area contributed by atoms with Crippen molar-refractivity contribution in [2.24, 2.45) is 0 Å². The lowest BCUT2D eigenvalue weighted by Gasteiger charge is -2.33. The molecular formula is C19H23FN2O2. The maximum atomic E-state index is 13.8. The number of carbonyl (C=O) groups excluding carboxylic acids is 1. The van der Waals surface area contributed by atoms with Gasteiger partial charge in [-0.3, -0.25) is 9.69 Å². The summed E-state index contributed by atoms with van der Waals surface area (Å²) in [7, 11) is 0. The summed E-state index contributed by atoms with van der Waals surface area (Å²) < 4.78 is 19.5. The minimum absolute atomic E-state index is 0.0188. The first-order valence-electron chi connectivity index (χ1n) is 8.48. The van der Waals surface area contributed by atoms with Crippen LogP contribution in [0.1, 0.15) is 47.2 Å². The molecule has 3 rings (SSSR count). The molecule has 0 unspecified atom stereocenters. The summed E-state index contributed by atoms with van der Waals surface area (Å²) in [5, 5.41) is 2.86. The Hall–Kier alpha value is -2.14. The highest BCUT2D eigenvalue weighted by Crippen LogP contribution is 2.25. The number of halogens is 1. The van der Waals surface area contributed by atoms with Crippen LogP contribution in [0, 0.1) is 12.7 Å². The number of benzene rings is 1. The van der Waals surface area contributed by atoms with Gasteiger partial charge in [-0.2, -0.15) is 0 Å². The fourth-order valence-corrected chi connectivity index (χ4v) is 3.20. The lowest BCUT2D eigenvalue weighted by atomic mass is 10.1. The van der Waals surface area contributed by atoms with Gasteiger partial charge >= 0.3 is 0 Å². The highest BCUT2D eigenvalue weighted by molar-refractivity contribution is 5.94. The maximum absolute atomic E-state index is 13.8. The molecule has 0 radical (unpaired) electrons. The third-order valence-corrected chi connectivity index (χ3v) is 4.50. The van der Waals surface area contributed by atoms with Gasteiger partial charge in [-0.15, -0.1) is 0 Å². The summed E-state index contributed by atoms with van der Waals surface area (Å²) >= 11 is 0. The van der Waals surface area contributed by atoms with Crippen LogP contribution in [-0.2, 0) is 0 Å². The third-order valence-electron chi connectivity index (χ3n) is 4.50. The average molecular weight is 330 g/mol. The van der Waals surface area contributed by atoms with Crippen LogP contribution in [0.4, 0.5) is 4.39 Å². The van der Waals surface area contributed by atoms with Crippen molar-refractivity contribution in [1.82, 2.24) is 10.2 Å². The molecule has 24 heavy (non-hydrogen) atoms. The Kier molecular flexibility index (Phi) is 5.30. The molecule has 1 atom stereocenters. The molecule has 1 aromatic carbocycles. The van der Waals surface area contributed by atoms with Crippen molar-refractivity contribution in [3.63, 3.8) is 0 Å². The molecule has 2 heterocycles. The van der Waals surface area contributed by atoms with Gasteiger partial charge in [0, 0.05) is 6.54 Å². The van der Waals surface area contributed by atoms with Gasteiger partial charge in [0.25, 0.3) is 5.91 Å². The fraction of sp³-hybridized carbons (Fsp3) is 0.421. The number of aryl methyl sites for hydroxylation is 1. The first-order chi connectivity index (χ1) is 11.6. The summed E-state index contributed by atoms with van der Waals surface area (Å²) in [6.07, 6.45) is 3.54. The van der Waals surface area contributed by atoms with E-state index in [0.717, 1.165) is 37.5 Å². The van der Waals surface area contributed by atoms with Crippen LogP contribution in [0.2, 0.25) is 0 Å². The van der Waals surface area contributed by atoms with Crippen molar-refractivity contribution in [1.29, 1.82) is 0 Å². The van der Waals surface area contributed by atoms with Crippen LogP contribution >= 0.6 is 0 Å². The number of hydrogen-bond acceptors (Lipinski definition) is 3. The second-order valence-corrected chi connectivity index (χ2v) is 6.25. The Balaban J connectivity index is 1.72. The van der Waals surface area contributed by atoms with E-state index in [-0.39, 0.29) is 11.6 Å². The summed E-state index contributed by atoms with van der Waals surface area (Å²) in [6, 6.07) is 9.92. The molecule has 1 aliphatic rings. The Morgan fingerprint density at radius 1 is 1.21 bits per heavy atom.